The largest absolute Gasteiger partial charge is 0.390 e. The third-order valence-corrected chi connectivity index (χ3v) is 2.71. The first-order valence-electron chi connectivity index (χ1n) is 4.21. The van der Waals surface area contributed by atoms with E-state index in [9.17, 15) is 10.2 Å². The molecule has 1 aromatic rings. The van der Waals surface area contributed by atoms with Crippen LogP contribution >= 0.6 is 11.3 Å². The number of nitrogens with zero attached hydrogens (tertiary/aromatic N) is 1. The van der Waals surface area contributed by atoms with Crippen LogP contribution in [0.2, 0.25) is 0 Å². The maximum Gasteiger partial charge on any atom is 0.0897 e. The Morgan fingerprint density at radius 3 is 2.62 bits per heavy atom. The number of hydrogen-bond acceptors (Lipinski definition) is 4. The molecule has 2 N–H and O–H groups in total. The van der Waals surface area contributed by atoms with Gasteiger partial charge in [-0.1, -0.05) is 0 Å². The Morgan fingerprint density at radius 2 is 2.23 bits per heavy atom. The zero-order valence-corrected chi connectivity index (χ0v) is 8.93. The van der Waals surface area contributed by atoms with Gasteiger partial charge in [0, 0.05) is 11.8 Å². The molecule has 13 heavy (non-hydrogen) atoms. The number of aryl methyl sites for hydroxylation is 1. The summed E-state index contributed by atoms with van der Waals surface area (Å²) in [6, 6.07) is 0. The average molecular weight is 201 g/mol. The number of hydrogen-bond donors (Lipinski definition) is 2. The van der Waals surface area contributed by atoms with Crippen molar-refractivity contribution in [2.24, 2.45) is 0 Å². The van der Waals surface area contributed by atoms with Gasteiger partial charge < -0.3 is 10.2 Å². The summed E-state index contributed by atoms with van der Waals surface area (Å²) in [6.45, 7) is 5.11. The first-order chi connectivity index (χ1) is 5.89. The summed E-state index contributed by atoms with van der Waals surface area (Å²) in [4.78, 5) is 4.21. The van der Waals surface area contributed by atoms with E-state index in [1.807, 2.05) is 12.3 Å². The van der Waals surface area contributed by atoms with Gasteiger partial charge in [0.25, 0.3) is 0 Å². The molecule has 0 radical (unpaired) electrons. The summed E-state index contributed by atoms with van der Waals surface area (Å²) >= 11 is 1.55. The minimum atomic E-state index is -1.06. The van der Waals surface area contributed by atoms with E-state index in [-0.39, 0.29) is 0 Å². The maximum absolute atomic E-state index is 9.56. The molecule has 74 valence electrons. The van der Waals surface area contributed by atoms with Gasteiger partial charge >= 0.3 is 0 Å². The van der Waals surface area contributed by atoms with Crippen LogP contribution in [0.4, 0.5) is 0 Å². The fourth-order valence-corrected chi connectivity index (χ4v) is 1.58. The van der Waals surface area contributed by atoms with E-state index < -0.39 is 11.7 Å². The molecule has 0 saturated heterocycles. The second kappa shape index (κ2) is 3.74. The third kappa shape index (κ3) is 3.06. The lowest BCUT2D eigenvalue weighted by Crippen LogP contribution is -2.37. The average Bonchev–Trinajstić information content (AvgIpc) is 2.33. The van der Waals surface area contributed by atoms with Crippen LogP contribution in [0.3, 0.4) is 0 Å². The van der Waals surface area contributed by atoms with E-state index >= 15 is 0 Å². The molecule has 4 heteroatoms. The van der Waals surface area contributed by atoms with Gasteiger partial charge in [-0.3, -0.25) is 0 Å². The van der Waals surface area contributed by atoms with Crippen molar-refractivity contribution in [3.05, 3.63) is 16.1 Å². The first kappa shape index (κ1) is 10.6. The van der Waals surface area contributed by atoms with E-state index in [0.29, 0.717) is 6.42 Å². The van der Waals surface area contributed by atoms with E-state index in [1.54, 1.807) is 25.2 Å². The number of aromatic nitrogens is 1. The number of aliphatic hydroxyl groups is 2. The lowest BCUT2D eigenvalue weighted by atomic mass is 9.98. The van der Waals surface area contributed by atoms with Crippen LogP contribution in [0, 0.1) is 6.92 Å². The van der Waals surface area contributed by atoms with Gasteiger partial charge in [-0.15, -0.1) is 11.3 Å². The predicted molar refractivity (Wildman–Crippen MR) is 52.9 cm³/mol. The van der Waals surface area contributed by atoms with Crippen LogP contribution in [0.5, 0.6) is 0 Å². The van der Waals surface area contributed by atoms with Gasteiger partial charge in [0.1, 0.15) is 0 Å². The van der Waals surface area contributed by atoms with Gasteiger partial charge in [-0.05, 0) is 20.8 Å². The lowest BCUT2D eigenvalue weighted by molar-refractivity contribution is -0.0473. The summed E-state index contributed by atoms with van der Waals surface area (Å²) in [7, 11) is 0. The third-order valence-electron chi connectivity index (χ3n) is 1.88. The number of aliphatic hydroxyl groups excluding tert-OH is 1. The van der Waals surface area contributed by atoms with Crippen molar-refractivity contribution < 1.29 is 10.2 Å². The molecule has 3 nitrogen and oxygen atoms in total. The van der Waals surface area contributed by atoms with Crippen molar-refractivity contribution in [3.8, 4) is 0 Å². The zero-order chi connectivity index (χ0) is 10.1. The topological polar surface area (TPSA) is 53.4 Å². The fraction of sp³-hybridized carbons (Fsp3) is 0.667. The SMILES string of the molecule is Cc1nc(CC(O)C(C)(C)O)cs1. The van der Waals surface area contributed by atoms with Crippen LogP contribution in [0.15, 0.2) is 5.38 Å². The highest BCUT2D eigenvalue weighted by Crippen LogP contribution is 2.15. The molecule has 0 aliphatic rings. The van der Waals surface area contributed by atoms with Crippen LogP contribution in [-0.4, -0.2) is 26.9 Å². The van der Waals surface area contributed by atoms with Crippen LogP contribution in [0.25, 0.3) is 0 Å². The Balaban J connectivity index is 2.60. The second-order valence-corrected chi connectivity index (χ2v) is 4.79. The molecule has 0 spiro atoms. The molecular weight excluding hydrogens is 186 g/mol. The summed E-state index contributed by atoms with van der Waals surface area (Å²) in [5, 5.41) is 21.9. The van der Waals surface area contributed by atoms with Crippen molar-refractivity contribution in [1.29, 1.82) is 0 Å². The van der Waals surface area contributed by atoms with E-state index in [4.69, 9.17) is 0 Å². The van der Waals surface area contributed by atoms with Gasteiger partial charge in [-0.25, -0.2) is 4.98 Å². The molecular formula is C9H15NO2S. The van der Waals surface area contributed by atoms with Crippen LogP contribution in [-0.2, 0) is 6.42 Å². The Kier molecular flexibility index (Phi) is 3.05. The summed E-state index contributed by atoms with van der Waals surface area (Å²) in [5.74, 6) is 0. The van der Waals surface area contributed by atoms with E-state index in [2.05, 4.69) is 4.98 Å². The molecule has 1 atom stereocenters. The monoisotopic (exact) mass is 201 g/mol. The summed E-state index contributed by atoms with van der Waals surface area (Å²) in [6.07, 6.45) is -0.345. The highest BCUT2D eigenvalue weighted by atomic mass is 32.1. The second-order valence-electron chi connectivity index (χ2n) is 3.73. The lowest BCUT2D eigenvalue weighted by Gasteiger charge is -2.23. The van der Waals surface area contributed by atoms with Gasteiger partial charge in [0.2, 0.25) is 0 Å². The molecule has 0 aromatic carbocycles. The molecule has 0 aliphatic carbocycles. The van der Waals surface area contributed by atoms with Crippen LogP contribution < -0.4 is 0 Å². The molecule has 0 bridgehead atoms. The molecule has 1 rings (SSSR count). The highest BCUT2D eigenvalue weighted by molar-refractivity contribution is 7.09. The van der Waals surface area contributed by atoms with Gasteiger partial charge in [0.05, 0.1) is 22.4 Å². The number of rotatable bonds is 3. The molecule has 1 heterocycles. The summed E-state index contributed by atoms with van der Waals surface area (Å²) < 4.78 is 0. The Bertz CT molecular complexity index is 277. The first-order valence-corrected chi connectivity index (χ1v) is 5.09. The van der Waals surface area contributed by atoms with E-state index in [0.717, 1.165) is 10.7 Å². The number of thiazole rings is 1. The quantitative estimate of drug-likeness (QED) is 0.770. The van der Waals surface area contributed by atoms with Crippen molar-refractivity contribution >= 4 is 11.3 Å². The van der Waals surface area contributed by atoms with Crippen molar-refractivity contribution in [2.45, 2.75) is 38.9 Å². The maximum atomic E-state index is 9.56. The Hall–Kier alpha value is -0.450. The molecule has 0 fully saturated rings. The highest BCUT2D eigenvalue weighted by Gasteiger charge is 2.25. The zero-order valence-electron chi connectivity index (χ0n) is 8.11. The molecule has 0 aliphatic heterocycles. The van der Waals surface area contributed by atoms with Crippen molar-refractivity contribution in [1.82, 2.24) is 4.98 Å². The van der Waals surface area contributed by atoms with Gasteiger partial charge in [-0.2, -0.15) is 0 Å². The Labute approximate surface area is 82.1 Å². The van der Waals surface area contributed by atoms with Crippen molar-refractivity contribution in [2.75, 3.05) is 0 Å². The van der Waals surface area contributed by atoms with Crippen molar-refractivity contribution in [3.63, 3.8) is 0 Å². The fourth-order valence-electron chi connectivity index (χ4n) is 0.950. The predicted octanol–water partition coefficient (Wildman–Crippen LogP) is 1.13. The van der Waals surface area contributed by atoms with Crippen LogP contribution in [0.1, 0.15) is 24.5 Å². The standard InChI is InChI=1S/C9H15NO2S/c1-6-10-7(5-13-6)4-8(11)9(2,3)12/h5,8,11-12H,4H2,1-3H3. The molecule has 1 unspecified atom stereocenters. The normalized spacial score (nSPS) is 14.5. The molecule has 0 saturated carbocycles. The Morgan fingerprint density at radius 1 is 1.62 bits per heavy atom. The summed E-state index contributed by atoms with van der Waals surface area (Å²) in [5.41, 5.74) is -0.213. The molecule has 1 aromatic heterocycles. The van der Waals surface area contributed by atoms with E-state index in [1.165, 1.54) is 0 Å². The molecule has 0 amide bonds. The minimum Gasteiger partial charge on any atom is -0.390 e. The van der Waals surface area contributed by atoms with Gasteiger partial charge in [0.15, 0.2) is 0 Å². The smallest absolute Gasteiger partial charge is 0.0897 e. The minimum absolute atomic E-state index is 0.411.